The van der Waals surface area contributed by atoms with Crippen LogP contribution in [0.1, 0.15) is 54.4 Å². The molecule has 5 N–H and O–H groups in total. The van der Waals surface area contributed by atoms with E-state index in [1.165, 1.54) is 11.9 Å². The number of aliphatic hydroxyl groups excluding tert-OH is 5. The van der Waals surface area contributed by atoms with Gasteiger partial charge >= 0.3 is 0 Å². The summed E-state index contributed by atoms with van der Waals surface area (Å²) in [5, 5.41) is 49.0. The van der Waals surface area contributed by atoms with Crippen LogP contribution in [-0.4, -0.2) is 105 Å². The van der Waals surface area contributed by atoms with Gasteiger partial charge in [-0.2, -0.15) is 0 Å². The van der Waals surface area contributed by atoms with Crippen molar-refractivity contribution in [2.24, 2.45) is 0 Å². The van der Waals surface area contributed by atoms with Crippen LogP contribution < -0.4 is 4.74 Å². The second-order valence-corrected chi connectivity index (χ2v) is 13.5. The number of aryl methyl sites for hydroxylation is 2. The number of hydrogen-bond donors (Lipinski definition) is 5. The molecule has 49 heavy (non-hydrogen) atoms. The van der Waals surface area contributed by atoms with E-state index in [2.05, 4.69) is 17.1 Å². The Balaban J connectivity index is 1.14. The van der Waals surface area contributed by atoms with Crippen LogP contribution in [0.3, 0.4) is 0 Å². The van der Waals surface area contributed by atoms with Gasteiger partial charge in [-0.1, -0.05) is 35.9 Å². The molecule has 1 aromatic heterocycles. The van der Waals surface area contributed by atoms with Gasteiger partial charge in [-0.15, -0.1) is 0 Å². The van der Waals surface area contributed by atoms with Crippen LogP contribution in [0, 0.1) is 6.92 Å². The topological polar surface area (TPSA) is 162 Å². The third-order valence-corrected chi connectivity index (χ3v) is 9.75. The minimum Gasteiger partial charge on any atom is -0.485 e. The van der Waals surface area contributed by atoms with E-state index in [1.807, 2.05) is 43.5 Å². The summed E-state index contributed by atoms with van der Waals surface area (Å²) >= 11 is 6.77. The molecule has 2 heterocycles. The lowest BCUT2D eigenvalue weighted by molar-refractivity contribution is -0.138. The average molecular weight is 699 g/mol. The smallest absolute Gasteiger partial charge is 0.222 e. The lowest BCUT2D eigenvalue weighted by Crippen LogP contribution is -2.49. The molecule has 5 rings (SSSR count). The summed E-state index contributed by atoms with van der Waals surface area (Å²) in [5.41, 5.74) is 5.70. The molecule has 12 heteroatoms. The third-order valence-electron chi connectivity index (χ3n) is 9.40. The third kappa shape index (κ3) is 9.16. The number of para-hydroxylation sites is 1. The zero-order chi connectivity index (χ0) is 35.1. The fourth-order valence-electron chi connectivity index (χ4n) is 6.07. The zero-order valence-corrected chi connectivity index (χ0v) is 28.8. The van der Waals surface area contributed by atoms with E-state index >= 15 is 0 Å². The molecule has 0 spiro atoms. The first-order chi connectivity index (χ1) is 23.5. The van der Waals surface area contributed by atoms with Gasteiger partial charge in [-0.25, -0.2) is 0 Å². The minimum absolute atomic E-state index is 0.0540. The Bertz CT molecular complexity index is 1560. The number of benzene rings is 2. The molecule has 2 fully saturated rings. The summed E-state index contributed by atoms with van der Waals surface area (Å²) in [4.78, 5) is 18.3. The maximum atomic E-state index is 12.6. The van der Waals surface area contributed by atoms with E-state index in [0.717, 1.165) is 64.8 Å². The van der Waals surface area contributed by atoms with Crippen molar-refractivity contribution in [1.82, 2.24) is 9.88 Å². The van der Waals surface area contributed by atoms with Crippen LogP contribution in [0.2, 0.25) is 5.02 Å². The molecule has 1 saturated carbocycles. The normalized spacial score (nSPS) is 17.9. The molecule has 1 aliphatic heterocycles. The molecular weight excluding hydrogens is 652 g/mol. The van der Waals surface area contributed by atoms with Gasteiger partial charge in [0.05, 0.1) is 32.0 Å². The second kappa shape index (κ2) is 16.7. The number of unbranched alkanes of at least 4 members (excludes halogenated alkanes) is 1. The maximum absolute atomic E-state index is 12.6. The molecule has 2 aliphatic rings. The first-order valence-electron chi connectivity index (χ1n) is 16.8. The van der Waals surface area contributed by atoms with Crippen molar-refractivity contribution in [3.63, 3.8) is 0 Å². The predicted octanol–water partition coefficient (Wildman–Crippen LogP) is 3.30. The van der Waals surface area contributed by atoms with E-state index < -0.39 is 36.6 Å². The van der Waals surface area contributed by atoms with Gasteiger partial charge in [-0.05, 0) is 79.5 Å². The molecule has 1 amide bonds. The van der Waals surface area contributed by atoms with Crippen molar-refractivity contribution in [3.05, 3.63) is 82.1 Å². The van der Waals surface area contributed by atoms with Gasteiger partial charge in [0.1, 0.15) is 36.3 Å². The summed E-state index contributed by atoms with van der Waals surface area (Å²) in [6, 6.07) is 14.1. The largest absolute Gasteiger partial charge is 0.485 e. The molecule has 0 unspecified atom stereocenters. The van der Waals surface area contributed by atoms with Crippen molar-refractivity contribution in [2.45, 2.75) is 88.2 Å². The molecule has 11 nitrogen and oxygen atoms in total. The van der Waals surface area contributed by atoms with Crippen LogP contribution in [0.25, 0.3) is 11.1 Å². The lowest BCUT2D eigenvalue weighted by Gasteiger charge is -2.28. The minimum atomic E-state index is -1.73. The predicted molar refractivity (Wildman–Crippen MR) is 183 cm³/mol. The molecule has 3 aromatic rings. The van der Waals surface area contributed by atoms with Crippen LogP contribution in [0.15, 0.2) is 54.9 Å². The Morgan fingerprint density at radius 3 is 2.47 bits per heavy atom. The van der Waals surface area contributed by atoms with Crippen molar-refractivity contribution in [3.8, 4) is 16.9 Å². The van der Waals surface area contributed by atoms with Gasteiger partial charge < -0.3 is 44.6 Å². The van der Waals surface area contributed by atoms with E-state index in [9.17, 15) is 25.2 Å². The first kappa shape index (κ1) is 37.1. The van der Waals surface area contributed by atoms with E-state index in [0.29, 0.717) is 31.3 Å². The number of amides is 1. The fourth-order valence-corrected chi connectivity index (χ4v) is 6.31. The Hall–Kier alpha value is -3.13. The van der Waals surface area contributed by atoms with Gasteiger partial charge in [0, 0.05) is 48.6 Å². The number of likely N-dealkylation sites (N-methyl/N-ethyl adjacent to an activating group) is 1. The molecule has 0 bridgehead atoms. The Labute approximate surface area is 292 Å². The molecule has 4 atom stereocenters. The van der Waals surface area contributed by atoms with Crippen LogP contribution in [0.5, 0.6) is 5.75 Å². The highest BCUT2D eigenvalue weighted by Crippen LogP contribution is 2.53. The van der Waals surface area contributed by atoms with Gasteiger partial charge in [0.2, 0.25) is 5.91 Å². The number of carbonyl (C=O) groups excluding carboxylic acids is 1. The van der Waals surface area contributed by atoms with E-state index in [4.69, 9.17) is 30.9 Å². The second-order valence-electron chi connectivity index (χ2n) is 13.1. The molecule has 0 radical (unpaired) electrons. The Morgan fingerprint density at radius 2 is 1.78 bits per heavy atom. The average Bonchev–Trinajstić information content (AvgIpc) is 3.88. The van der Waals surface area contributed by atoms with Gasteiger partial charge in [0.15, 0.2) is 0 Å². The maximum Gasteiger partial charge on any atom is 0.222 e. The van der Waals surface area contributed by atoms with E-state index in [-0.39, 0.29) is 25.0 Å². The number of nitrogens with zero attached hydrogens (tertiary/aromatic N) is 2. The number of ether oxygens (including phenoxy) is 3. The monoisotopic (exact) mass is 698 g/mol. The number of aliphatic hydroxyl groups is 5. The van der Waals surface area contributed by atoms with Crippen LogP contribution in [0.4, 0.5) is 0 Å². The SMILES string of the molecule is Cc1cc(COC2(c3cnccc3-c3ccccc3OC3COC3)CC2)c(Cl)cc1CCCCC(=O)N(C)C[C@H](O)[C@@H](O)[C@H](O)[C@H](O)CO. The quantitative estimate of drug-likeness (QED) is 0.125. The standard InChI is InChI=1S/C37H47ClN2O9/c1-23-15-25(30(38)16-24(23)7-3-6-10-34(44)40(2)18-31(42)35(45)36(46)32(43)19-41)20-48-37(12-13-37)29-17-39-14-11-27(29)28-8-4-5-9-33(28)49-26-21-47-22-26/h4-5,8-9,11,14-17,26,31-32,35-36,41-43,45-46H,3,6-7,10,12-13,18-22H2,1-2H3/t31-,32+,35+,36+/m0/s1. The van der Waals surface area contributed by atoms with Crippen molar-refractivity contribution in [1.29, 1.82) is 0 Å². The number of halogens is 1. The number of pyridine rings is 1. The summed E-state index contributed by atoms with van der Waals surface area (Å²) in [7, 11) is 1.50. The summed E-state index contributed by atoms with van der Waals surface area (Å²) < 4.78 is 18.2. The molecule has 2 aromatic carbocycles. The summed E-state index contributed by atoms with van der Waals surface area (Å²) in [6.45, 7) is 2.58. The summed E-state index contributed by atoms with van der Waals surface area (Å²) in [6.07, 6.45) is 1.29. The fraction of sp³-hybridized carbons (Fsp3) is 0.514. The number of carbonyl (C=O) groups is 1. The van der Waals surface area contributed by atoms with Crippen LogP contribution >= 0.6 is 11.6 Å². The molecule has 1 aliphatic carbocycles. The Morgan fingerprint density at radius 1 is 1.04 bits per heavy atom. The van der Waals surface area contributed by atoms with Crippen LogP contribution in [-0.2, 0) is 32.9 Å². The van der Waals surface area contributed by atoms with Gasteiger partial charge in [0.25, 0.3) is 0 Å². The first-order valence-corrected chi connectivity index (χ1v) is 17.2. The number of hydrogen-bond acceptors (Lipinski definition) is 10. The summed E-state index contributed by atoms with van der Waals surface area (Å²) in [5.74, 6) is 0.594. The van der Waals surface area contributed by atoms with Crippen molar-refractivity contribution < 1.29 is 44.5 Å². The van der Waals surface area contributed by atoms with E-state index in [1.54, 1.807) is 6.20 Å². The highest BCUT2D eigenvalue weighted by Gasteiger charge is 2.48. The molecule has 1 saturated heterocycles. The van der Waals surface area contributed by atoms with Gasteiger partial charge in [-0.3, -0.25) is 9.78 Å². The molecule has 266 valence electrons. The molecular formula is C37H47ClN2O9. The highest BCUT2D eigenvalue weighted by molar-refractivity contribution is 6.31. The number of rotatable bonds is 18. The zero-order valence-electron chi connectivity index (χ0n) is 28.0. The Kier molecular flexibility index (Phi) is 12.7. The van der Waals surface area contributed by atoms with Crippen molar-refractivity contribution in [2.75, 3.05) is 33.4 Å². The van der Waals surface area contributed by atoms with Crippen molar-refractivity contribution >= 4 is 17.5 Å². The lowest BCUT2D eigenvalue weighted by atomic mass is 9.96. The number of aromatic nitrogens is 1. The highest BCUT2D eigenvalue weighted by atomic mass is 35.5.